The van der Waals surface area contributed by atoms with E-state index < -0.39 is 0 Å². The van der Waals surface area contributed by atoms with Gasteiger partial charge in [-0.3, -0.25) is 9.59 Å². The molecule has 0 bridgehead atoms. The summed E-state index contributed by atoms with van der Waals surface area (Å²) in [4.78, 5) is 27.0. The lowest BCUT2D eigenvalue weighted by atomic mass is 10.1. The monoisotopic (exact) mass is 486 g/mol. The van der Waals surface area contributed by atoms with Crippen molar-refractivity contribution in [3.05, 3.63) is 49.7 Å². The number of quaternary nitrogens is 1. The van der Waals surface area contributed by atoms with Gasteiger partial charge in [0.1, 0.15) is 13.1 Å². The molecule has 3 rings (SSSR count). The fourth-order valence-electron chi connectivity index (χ4n) is 2.76. The fraction of sp³-hybridized carbons (Fsp3) is 0.333. The Morgan fingerprint density at radius 3 is 2.73 bits per heavy atom. The van der Waals surface area contributed by atoms with Crippen molar-refractivity contribution in [3.63, 3.8) is 0 Å². The Bertz CT molecular complexity index is 761. The molecule has 2 aromatic rings. The molecule has 0 unspecified atom stereocenters. The maximum absolute atomic E-state index is 12.6. The molecule has 0 aliphatic carbocycles. The lowest BCUT2D eigenvalue weighted by molar-refractivity contribution is -0.906. The van der Waals surface area contributed by atoms with Crippen LogP contribution in [-0.4, -0.2) is 51.2 Å². The van der Waals surface area contributed by atoms with Gasteiger partial charge in [0.2, 0.25) is 0 Å². The van der Waals surface area contributed by atoms with E-state index >= 15 is 0 Å². The van der Waals surface area contributed by atoms with Crippen molar-refractivity contribution in [2.45, 2.75) is 0 Å². The number of anilines is 1. The normalized spacial score (nSPS) is 14.8. The topological polar surface area (TPSA) is 71.9 Å². The zero-order valence-corrected chi connectivity index (χ0v) is 17.2. The second kappa shape index (κ2) is 9.45. The molecule has 1 saturated heterocycles. The first-order valence-electron chi connectivity index (χ1n) is 8.47. The van der Waals surface area contributed by atoms with Crippen LogP contribution in [0.25, 0.3) is 0 Å². The number of amides is 2. The van der Waals surface area contributed by atoms with Crippen molar-refractivity contribution in [3.8, 4) is 0 Å². The highest BCUT2D eigenvalue weighted by atomic mass is 127. The fourth-order valence-corrected chi connectivity index (χ4v) is 3.87. The van der Waals surface area contributed by atoms with E-state index in [1.165, 1.54) is 16.2 Å². The molecule has 26 heavy (non-hydrogen) atoms. The van der Waals surface area contributed by atoms with Gasteiger partial charge >= 0.3 is 0 Å². The maximum Gasteiger partial charge on any atom is 0.265 e. The molecule has 0 radical (unpaired) electrons. The van der Waals surface area contributed by atoms with Crippen molar-refractivity contribution in [2.75, 3.05) is 44.7 Å². The molecule has 0 saturated carbocycles. The summed E-state index contributed by atoms with van der Waals surface area (Å²) < 4.78 is 6.29. The van der Waals surface area contributed by atoms with E-state index in [4.69, 9.17) is 4.74 Å². The average molecular weight is 486 g/mol. The van der Waals surface area contributed by atoms with E-state index in [-0.39, 0.29) is 11.8 Å². The maximum atomic E-state index is 12.6. The van der Waals surface area contributed by atoms with E-state index in [0.29, 0.717) is 22.7 Å². The molecule has 1 aromatic carbocycles. The van der Waals surface area contributed by atoms with Gasteiger partial charge in [-0.1, -0.05) is 6.07 Å². The minimum atomic E-state index is -0.201. The summed E-state index contributed by atoms with van der Waals surface area (Å²) in [6, 6.07) is 9.03. The van der Waals surface area contributed by atoms with Gasteiger partial charge in [-0.15, -0.1) is 11.3 Å². The zero-order valence-electron chi connectivity index (χ0n) is 14.2. The highest BCUT2D eigenvalue weighted by Crippen LogP contribution is 2.20. The van der Waals surface area contributed by atoms with Crippen molar-refractivity contribution >= 4 is 51.4 Å². The standard InChI is InChI=1S/C18H20IN3O3S/c19-13-3-4-15(21-18(24)16-2-1-11-26-16)14(12-13)17(23)20-5-6-22-7-9-25-10-8-22/h1-4,11-12H,5-10H2,(H,20,23)(H,21,24)/p+1. The van der Waals surface area contributed by atoms with Crippen molar-refractivity contribution in [1.82, 2.24) is 5.32 Å². The lowest BCUT2D eigenvalue weighted by Gasteiger charge is -2.23. The van der Waals surface area contributed by atoms with Crippen LogP contribution in [0.15, 0.2) is 35.7 Å². The summed E-state index contributed by atoms with van der Waals surface area (Å²) >= 11 is 3.53. The third kappa shape index (κ3) is 5.26. The van der Waals surface area contributed by atoms with E-state index in [2.05, 4.69) is 33.2 Å². The summed E-state index contributed by atoms with van der Waals surface area (Å²) in [7, 11) is 0. The van der Waals surface area contributed by atoms with Crippen molar-refractivity contribution in [1.29, 1.82) is 0 Å². The van der Waals surface area contributed by atoms with Crippen molar-refractivity contribution in [2.24, 2.45) is 0 Å². The number of nitrogens with one attached hydrogen (secondary N) is 3. The molecule has 1 aliphatic heterocycles. The second-order valence-corrected chi connectivity index (χ2v) is 8.18. The van der Waals surface area contributed by atoms with Crippen LogP contribution in [0.1, 0.15) is 20.0 Å². The smallest absolute Gasteiger partial charge is 0.265 e. The Hall–Kier alpha value is -1.49. The van der Waals surface area contributed by atoms with Crippen LogP contribution in [0.3, 0.4) is 0 Å². The molecule has 0 atom stereocenters. The van der Waals surface area contributed by atoms with Crippen LogP contribution >= 0.6 is 33.9 Å². The molecular formula is C18H21IN3O3S+. The Kier molecular flexibility index (Phi) is 7.00. The molecule has 138 valence electrons. The first kappa shape index (κ1) is 19.3. The predicted molar refractivity (Wildman–Crippen MR) is 110 cm³/mol. The van der Waals surface area contributed by atoms with Crippen molar-refractivity contribution < 1.29 is 19.2 Å². The summed E-state index contributed by atoms with van der Waals surface area (Å²) in [5.41, 5.74) is 1.01. The van der Waals surface area contributed by atoms with Crippen LogP contribution in [0.5, 0.6) is 0 Å². The van der Waals surface area contributed by atoms with Gasteiger partial charge in [0, 0.05) is 3.57 Å². The quantitative estimate of drug-likeness (QED) is 0.539. The van der Waals surface area contributed by atoms with Gasteiger partial charge in [0.15, 0.2) is 0 Å². The molecule has 0 spiro atoms. The van der Waals surface area contributed by atoms with Crippen LogP contribution in [0, 0.1) is 3.57 Å². The minimum Gasteiger partial charge on any atom is -0.370 e. The number of thiophene rings is 1. The number of ether oxygens (including phenoxy) is 1. The first-order valence-corrected chi connectivity index (χ1v) is 10.4. The highest BCUT2D eigenvalue weighted by molar-refractivity contribution is 14.1. The van der Waals surface area contributed by atoms with Gasteiger partial charge < -0.3 is 20.3 Å². The Balaban J connectivity index is 1.62. The van der Waals surface area contributed by atoms with Gasteiger partial charge in [-0.25, -0.2) is 0 Å². The molecule has 2 amide bonds. The Morgan fingerprint density at radius 2 is 2.00 bits per heavy atom. The summed E-state index contributed by atoms with van der Waals surface area (Å²) in [6.45, 7) is 4.97. The molecule has 8 heteroatoms. The second-order valence-electron chi connectivity index (χ2n) is 5.99. The number of carbonyl (C=O) groups is 2. The Labute approximate surface area is 170 Å². The SMILES string of the molecule is O=C(Nc1ccc(I)cc1C(=O)NCC[NH+]1CCOCC1)c1cccs1. The average Bonchev–Trinajstić information content (AvgIpc) is 3.19. The number of halogens is 1. The molecule has 2 heterocycles. The largest absolute Gasteiger partial charge is 0.370 e. The van der Waals surface area contributed by atoms with Gasteiger partial charge in [0.05, 0.1) is 42.4 Å². The zero-order chi connectivity index (χ0) is 18.4. The molecule has 6 nitrogen and oxygen atoms in total. The summed E-state index contributed by atoms with van der Waals surface area (Å²) in [5, 5.41) is 7.67. The summed E-state index contributed by atoms with van der Waals surface area (Å²) in [5.74, 6) is -0.370. The minimum absolute atomic E-state index is 0.169. The van der Waals surface area contributed by atoms with E-state index in [0.717, 1.165) is 36.4 Å². The third-order valence-corrected chi connectivity index (χ3v) is 5.72. The Morgan fingerprint density at radius 1 is 1.19 bits per heavy atom. The molecule has 1 aromatic heterocycles. The van der Waals surface area contributed by atoms with E-state index in [1.807, 2.05) is 17.5 Å². The molecule has 3 N–H and O–H groups in total. The predicted octanol–water partition coefficient (Wildman–Crippen LogP) is 1.25. The van der Waals surface area contributed by atoms with Gasteiger partial charge in [-0.2, -0.15) is 0 Å². The molecular weight excluding hydrogens is 465 g/mol. The van der Waals surface area contributed by atoms with Crippen LogP contribution in [0.2, 0.25) is 0 Å². The number of carbonyl (C=O) groups excluding carboxylic acids is 2. The van der Waals surface area contributed by atoms with Crippen LogP contribution in [0.4, 0.5) is 5.69 Å². The third-order valence-electron chi connectivity index (χ3n) is 4.18. The van der Waals surface area contributed by atoms with Crippen LogP contribution < -0.4 is 15.5 Å². The number of rotatable bonds is 6. The van der Waals surface area contributed by atoms with Gasteiger partial charge in [-0.05, 0) is 52.2 Å². The number of benzene rings is 1. The summed E-state index contributed by atoms with van der Waals surface area (Å²) in [6.07, 6.45) is 0. The number of morpholine rings is 1. The van der Waals surface area contributed by atoms with Crippen LogP contribution in [-0.2, 0) is 4.74 Å². The first-order chi connectivity index (χ1) is 12.6. The van der Waals surface area contributed by atoms with Gasteiger partial charge in [0.25, 0.3) is 11.8 Å². The lowest BCUT2D eigenvalue weighted by Crippen LogP contribution is -3.14. The molecule has 1 aliphatic rings. The van der Waals surface area contributed by atoms with E-state index in [9.17, 15) is 9.59 Å². The molecule has 1 fully saturated rings. The highest BCUT2D eigenvalue weighted by Gasteiger charge is 2.17. The van der Waals surface area contributed by atoms with E-state index in [1.54, 1.807) is 18.2 Å². The number of hydrogen-bond donors (Lipinski definition) is 3. The number of hydrogen-bond acceptors (Lipinski definition) is 4.